The van der Waals surface area contributed by atoms with Crippen molar-refractivity contribution in [2.24, 2.45) is 0 Å². The number of rotatable bonds is 3. The third-order valence-electron chi connectivity index (χ3n) is 2.25. The summed E-state index contributed by atoms with van der Waals surface area (Å²) in [6.45, 7) is 3.91. The molecule has 5 nitrogen and oxygen atoms in total. The van der Waals surface area contributed by atoms with Crippen LogP contribution in [0, 0.1) is 0 Å². The highest BCUT2D eigenvalue weighted by Gasteiger charge is 2.37. The Morgan fingerprint density at radius 2 is 2.07 bits per heavy atom. The van der Waals surface area contributed by atoms with Crippen molar-refractivity contribution in [2.45, 2.75) is 38.8 Å². The molecule has 0 aromatic heterocycles. The van der Waals surface area contributed by atoms with Gasteiger partial charge < -0.3 is 4.74 Å². The molecule has 1 aliphatic rings. The summed E-state index contributed by atoms with van der Waals surface area (Å²) < 4.78 is 28.9. The van der Waals surface area contributed by atoms with Crippen LogP contribution in [0.2, 0.25) is 0 Å². The molecule has 0 radical (unpaired) electrons. The number of carbonyl (C=O) groups is 1. The number of sulfonamides is 1. The van der Waals surface area contributed by atoms with E-state index in [2.05, 4.69) is 0 Å². The number of hydrogen-bond acceptors (Lipinski definition) is 4. The van der Waals surface area contributed by atoms with Gasteiger partial charge >= 0.3 is 5.97 Å². The van der Waals surface area contributed by atoms with E-state index in [-0.39, 0.29) is 6.10 Å². The molecule has 0 aromatic carbocycles. The maximum absolute atomic E-state index is 11.6. The van der Waals surface area contributed by atoms with Gasteiger partial charge in [0.25, 0.3) is 0 Å². The Bertz CT molecular complexity index is 336. The predicted molar refractivity (Wildman–Crippen MR) is 55.8 cm³/mol. The predicted octanol–water partition coefficient (Wildman–Crippen LogP) is 0.362. The quantitative estimate of drug-likeness (QED) is 0.663. The molecular weight excluding hydrogens is 218 g/mol. The second-order valence-electron chi connectivity index (χ2n) is 4.02. The zero-order valence-corrected chi connectivity index (χ0v) is 10.1. The van der Waals surface area contributed by atoms with Crippen molar-refractivity contribution in [2.75, 3.05) is 12.8 Å². The summed E-state index contributed by atoms with van der Waals surface area (Å²) in [4.78, 5) is 11.6. The number of carbonyl (C=O) groups excluding carboxylic acids is 1. The van der Waals surface area contributed by atoms with Crippen LogP contribution in [0.5, 0.6) is 0 Å². The first kappa shape index (κ1) is 12.4. The van der Waals surface area contributed by atoms with Gasteiger partial charge in [0.1, 0.15) is 6.04 Å². The third kappa shape index (κ3) is 3.17. The van der Waals surface area contributed by atoms with E-state index in [0.29, 0.717) is 19.4 Å². The molecule has 15 heavy (non-hydrogen) atoms. The maximum atomic E-state index is 11.6. The lowest BCUT2D eigenvalue weighted by atomic mass is 10.2. The normalized spacial score (nSPS) is 23.3. The molecule has 1 atom stereocenters. The minimum absolute atomic E-state index is 0.209. The van der Waals surface area contributed by atoms with Gasteiger partial charge in [-0.25, -0.2) is 8.42 Å². The Hall–Kier alpha value is -0.620. The van der Waals surface area contributed by atoms with E-state index >= 15 is 0 Å². The van der Waals surface area contributed by atoms with E-state index in [1.165, 1.54) is 4.31 Å². The summed E-state index contributed by atoms with van der Waals surface area (Å²) >= 11 is 0. The van der Waals surface area contributed by atoms with E-state index in [1.807, 2.05) is 0 Å². The van der Waals surface area contributed by atoms with Gasteiger partial charge in [0.05, 0.1) is 12.4 Å². The highest BCUT2D eigenvalue weighted by molar-refractivity contribution is 7.88. The van der Waals surface area contributed by atoms with E-state index in [4.69, 9.17) is 4.74 Å². The fourth-order valence-electron chi connectivity index (χ4n) is 1.68. The smallest absolute Gasteiger partial charge is 0.324 e. The molecule has 0 N–H and O–H groups in total. The van der Waals surface area contributed by atoms with Gasteiger partial charge in [0.2, 0.25) is 10.0 Å². The topological polar surface area (TPSA) is 63.7 Å². The van der Waals surface area contributed by atoms with Crippen molar-refractivity contribution >= 4 is 16.0 Å². The van der Waals surface area contributed by atoms with Gasteiger partial charge in [-0.05, 0) is 26.7 Å². The molecule has 1 unspecified atom stereocenters. The lowest BCUT2D eigenvalue weighted by Gasteiger charge is -2.21. The molecular formula is C9H17NO4S. The van der Waals surface area contributed by atoms with E-state index < -0.39 is 22.0 Å². The molecule has 1 heterocycles. The summed E-state index contributed by atoms with van der Waals surface area (Å²) in [5.41, 5.74) is 0. The lowest BCUT2D eigenvalue weighted by molar-refractivity contribution is -0.151. The van der Waals surface area contributed by atoms with Crippen LogP contribution in [0.1, 0.15) is 26.7 Å². The molecule has 6 heteroatoms. The minimum Gasteiger partial charge on any atom is -0.462 e. The molecule has 1 rings (SSSR count). The first-order valence-electron chi connectivity index (χ1n) is 4.99. The Morgan fingerprint density at radius 3 is 2.53 bits per heavy atom. The van der Waals surface area contributed by atoms with Crippen LogP contribution in [0.4, 0.5) is 0 Å². The van der Waals surface area contributed by atoms with Gasteiger partial charge in [-0.1, -0.05) is 0 Å². The number of ether oxygens (including phenoxy) is 1. The average molecular weight is 235 g/mol. The van der Waals surface area contributed by atoms with Crippen LogP contribution >= 0.6 is 0 Å². The lowest BCUT2D eigenvalue weighted by Crippen LogP contribution is -2.41. The second-order valence-corrected chi connectivity index (χ2v) is 5.95. The van der Waals surface area contributed by atoms with Gasteiger partial charge in [-0.15, -0.1) is 0 Å². The van der Waals surface area contributed by atoms with Gasteiger partial charge in [-0.2, -0.15) is 4.31 Å². The van der Waals surface area contributed by atoms with Crippen molar-refractivity contribution in [1.82, 2.24) is 4.31 Å². The number of hydrogen-bond donors (Lipinski definition) is 0. The van der Waals surface area contributed by atoms with E-state index in [9.17, 15) is 13.2 Å². The zero-order chi connectivity index (χ0) is 11.6. The molecule has 0 saturated carbocycles. The second kappa shape index (κ2) is 4.49. The monoisotopic (exact) mass is 235 g/mol. The molecule has 0 amide bonds. The summed E-state index contributed by atoms with van der Waals surface area (Å²) in [5.74, 6) is -0.437. The molecule has 1 aliphatic heterocycles. The Balaban J connectivity index is 2.73. The van der Waals surface area contributed by atoms with E-state index in [1.54, 1.807) is 13.8 Å². The summed E-state index contributed by atoms with van der Waals surface area (Å²) in [6.07, 6.45) is 2.18. The Labute approximate surface area is 90.4 Å². The first-order valence-corrected chi connectivity index (χ1v) is 6.84. The highest BCUT2D eigenvalue weighted by atomic mass is 32.2. The Morgan fingerprint density at radius 1 is 1.47 bits per heavy atom. The van der Waals surface area contributed by atoms with E-state index in [0.717, 1.165) is 6.26 Å². The van der Waals surface area contributed by atoms with Crippen molar-refractivity contribution in [3.8, 4) is 0 Å². The minimum atomic E-state index is -3.30. The van der Waals surface area contributed by atoms with Crippen LogP contribution in [-0.2, 0) is 19.6 Å². The molecule has 0 aliphatic carbocycles. The largest absolute Gasteiger partial charge is 0.462 e. The fraction of sp³-hybridized carbons (Fsp3) is 0.889. The third-order valence-corrected chi connectivity index (χ3v) is 3.54. The van der Waals surface area contributed by atoms with Gasteiger partial charge in [-0.3, -0.25) is 4.79 Å². The highest BCUT2D eigenvalue weighted by Crippen LogP contribution is 2.21. The summed E-state index contributed by atoms with van der Waals surface area (Å²) in [6, 6.07) is -0.623. The van der Waals surface area contributed by atoms with Crippen LogP contribution < -0.4 is 0 Å². The van der Waals surface area contributed by atoms with Crippen molar-refractivity contribution in [1.29, 1.82) is 0 Å². The molecule has 1 saturated heterocycles. The van der Waals surface area contributed by atoms with Crippen LogP contribution in [0.3, 0.4) is 0 Å². The van der Waals surface area contributed by atoms with Crippen molar-refractivity contribution in [3.05, 3.63) is 0 Å². The molecule has 0 spiro atoms. The SMILES string of the molecule is CC(C)OC(=O)C1CCCN1S(C)(=O)=O. The van der Waals surface area contributed by atoms with Gasteiger partial charge in [0, 0.05) is 6.54 Å². The average Bonchev–Trinajstić information content (AvgIpc) is 2.48. The molecule has 88 valence electrons. The van der Waals surface area contributed by atoms with Crippen molar-refractivity contribution in [3.63, 3.8) is 0 Å². The summed E-state index contributed by atoms with van der Waals surface area (Å²) in [7, 11) is -3.30. The standard InChI is InChI=1S/C9H17NO4S/c1-7(2)14-9(11)8-5-4-6-10(8)15(3,12)13/h7-8H,4-6H2,1-3H3. The summed E-state index contributed by atoms with van der Waals surface area (Å²) in [5, 5.41) is 0. The zero-order valence-electron chi connectivity index (χ0n) is 9.26. The molecule has 0 bridgehead atoms. The first-order chi connectivity index (χ1) is 6.82. The Kier molecular flexibility index (Phi) is 3.72. The number of nitrogens with zero attached hydrogens (tertiary/aromatic N) is 1. The molecule has 1 fully saturated rings. The van der Waals surface area contributed by atoms with Crippen molar-refractivity contribution < 1.29 is 17.9 Å². The molecule has 0 aromatic rings. The van der Waals surface area contributed by atoms with Crippen LogP contribution in [0.15, 0.2) is 0 Å². The number of esters is 1. The van der Waals surface area contributed by atoms with Crippen LogP contribution in [-0.4, -0.2) is 43.6 Å². The maximum Gasteiger partial charge on any atom is 0.324 e. The fourth-order valence-corrected chi connectivity index (χ4v) is 2.80. The van der Waals surface area contributed by atoms with Gasteiger partial charge in [0.15, 0.2) is 0 Å². The van der Waals surface area contributed by atoms with Crippen LogP contribution in [0.25, 0.3) is 0 Å².